The van der Waals surface area contributed by atoms with E-state index in [4.69, 9.17) is 17.3 Å². The molecular formula is C11H11ClN2OS. The monoisotopic (exact) mass is 254 g/mol. The summed E-state index contributed by atoms with van der Waals surface area (Å²) in [5, 5.41) is 6.55. The van der Waals surface area contributed by atoms with Crippen molar-refractivity contribution < 1.29 is 4.79 Å². The van der Waals surface area contributed by atoms with Gasteiger partial charge in [-0.15, -0.1) is 11.3 Å². The Morgan fingerprint density at radius 3 is 3.06 bits per heavy atom. The van der Waals surface area contributed by atoms with Crippen LogP contribution in [0.3, 0.4) is 0 Å². The van der Waals surface area contributed by atoms with Gasteiger partial charge in [0.1, 0.15) is 0 Å². The molecule has 0 fully saturated rings. The molecule has 1 aromatic heterocycles. The van der Waals surface area contributed by atoms with Crippen molar-refractivity contribution in [2.45, 2.75) is 6.42 Å². The predicted octanol–water partition coefficient (Wildman–Crippen LogP) is 2.77. The van der Waals surface area contributed by atoms with Gasteiger partial charge in [0.05, 0.1) is 0 Å². The van der Waals surface area contributed by atoms with E-state index < -0.39 is 6.03 Å². The summed E-state index contributed by atoms with van der Waals surface area (Å²) in [5.74, 6) is 0. The van der Waals surface area contributed by atoms with Gasteiger partial charge in [0.15, 0.2) is 0 Å². The molecule has 84 valence electrons. The van der Waals surface area contributed by atoms with Crippen LogP contribution in [0.4, 0.5) is 4.79 Å². The number of urea groups is 1. The van der Waals surface area contributed by atoms with Crippen LogP contribution in [0.15, 0.2) is 23.6 Å². The normalized spacial score (nSPS) is 10.6. The Bertz CT molecular complexity index is 524. The second-order valence-corrected chi connectivity index (χ2v) is 4.79. The third kappa shape index (κ3) is 2.46. The zero-order valence-electron chi connectivity index (χ0n) is 8.50. The minimum atomic E-state index is -0.488. The van der Waals surface area contributed by atoms with E-state index in [0.717, 1.165) is 16.8 Å². The Kier molecular flexibility index (Phi) is 3.31. The SMILES string of the molecule is NC(=O)NCCc1csc2ccc(Cl)cc12. The Labute approximate surface area is 102 Å². The molecule has 3 N–H and O–H groups in total. The molecule has 0 bridgehead atoms. The van der Waals surface area contributed by atoms with Crippen LogP contribution in [0.25, 0.3) is 10.1 Å². The number of halogens is 1. The summed E-state index contributed by atoms with van der Waals surface area (Å²) in [5.41, 5.74) is 6.19. The van der Waals surface area contributed by atoms with Gasteiger partial charge in [0.2, 0.25) is 0 Å². The summed E-state index contributed by atoms with van der Waals surface area (Å²) in [4.78, 5) is 10.5. The Hall–Kier alpha value is -1.26. The van der Waals surface area contributed by atoms with Crippen molar-refractivity contribution in [1.29, 1.82) is 0 Å². The van der Waals surface area contributed by atoms with Gasteiger partial charge in [0.25, 0.3) is 0 Å². The summed E-state index contributed by atoms with van der Waals surface area (Å²) in [6.45, 7) is 0.549. The largest absolute Gasteiger partial charge is 0.352 e. The number of benzene rings is 1. The minimum absolute atomic E-state index is 0.488. The lowest BCUT2D eigenvalue weighted by Crippen LogP contribution is -2.30. The smallest absolute Gasteiger partial charge is 0.312 e. The quantitative estimate of drug-likeness (QED) is 0.870. The molecule has 2 amide bonds. The Morgan fingerprint density at radius 1 is 1.50 bits per heavy atom. The van der Waals surface area contributed by atoms with Gasteiger partial charge >= 0.3 is 6.03 Å². The van der Waals surface area contributed by atoms with Crippen LogP contribution < -0.4 is 11.1 Å². The number of nitrogens with two attached hydrogens (primary N) is 1. The van der Waals surface area contributed by atoms with E-state index in [1.54, 1.807) is 11.3 Å². The number of primary amides is 1. The van der Waals surface area contributed by atoms with Gasteiger partial charge in [-0.2, -0.15) is 0 Å². The number of carbonyl (C=O) groups is 1. The second-order valence-electron chi connectivity index (χ2n) is 3.44. The van der Waals surface area contributed by atoms with E-state index in [9.17, 15) is 4.79 Å². The van der Waals surface area contributed by atoms with Crippen LogP contribution >= 0.6 is 22.9 Å². The zero-order valence-corrected chi connectivity index (χ0v) is 10.1. The molecule has 0 unspecified atom stereocenters. The number of thiophene rings is 1. The Morgan fingerprint density at radius 2 is 2.31 bits per heavy atom. The molecule has 1 aromatic carbocycles. The third-order valence-electron chi connectivity index (χ3n) is 2.31. The van der Waals surface area contributed by atoms with Crippen molar-refractivity contribution >= 4 is 39.1 Å². The third-order valence-corrected chi connectivity index (χ3v) is 3.56. The van der Waals surface area contributed by atoms with Crippen LogP contribution in [0.5, 0.6) is 0 Å². The van der Waals surface area contributed by atoms with Crippen molar-refractivity contribution in [3.05, 3.63) is 34.2 Å². The van der Waals surface area contributed by atoms with Crippen LogP contribution in [0.1, 0.15) is 5.56 Å². The summed E-state index contributed by atoms with van der Waals surface area (Å²) in [6, 6.07) is 5.35. The van der Waals surface area contributed by atoms with Crippen molar-refractivity contribution in [2.75, 3.05) is 6.54 Å². The number of hydrogen-bond donors (Lipinski definition) is 2. The lowest BCUT2D eigenvalue weighted by Gasteiger charge is -2.01. The fourth-order valence-electron chi connectivity index (χ4n) is 1.57. The first kappa shape index (κ1) is 11.2. The molecule has 2 rings (SSSR count). The standard InChI is InChI=1S/C11H11ClN2OS/c12-8-1-2-10-9(5-8)7(6-16-10)3-4-14-11(13)15/h1-2,5-6H,3-4H2,(H3,13,14,15). The van der Waals surface area contributed by atoms with E-state index in [0.29, 0.717) is 6.54 Å². The fourth-order valence-corrected chi connectivity index (χ4v) is 2.72. The lowest BCUT2D eigenvalue weighted by molar-refractivity contribution is 0.249. The fraction of sp³-hybridized carbons (Fsp3) is 0.182. The highest BCUT2D eigenvalue weighted by Crippen LogP contribution is 2.28. The molecule has 3 nitrogen and oxygen atoms in total. The average Bonchev–Trinajstić information content (AvgIpc) is 2.60. The lowest BCUT2D eigenvalue weighted by atomic mass is 10.1. The summed E-state index contributed by atoms with van der Waals surface area (Å²) < 4.78 is 1.21. The molecule has 0 saturated heterocycles. The van der Waals surface area contributed by atoms with Gasteiger partial charge in [-0.25, -0.2) is 4.79 Å². The van der Waals surface area contributed by atoms with Crippen LogP contribution in [0.2, 0.25) is 5.02 Å². The topological polar surface area (TPSA) is 55.1 Å². The second kappa shape index (κ2) is 4.72. The molecular weight excluding hydrogens is 244 g/mol. The molecule has 0 aliphatic heterocycles. The number of fused-ring (bicyclic) bond motifs is 1. The van der Waals surface area contributed by atoms with Crippen LogP contribution in [-0.2, 0) is 6.42 Å². The highest BCUT2D eigenvalue weighted by molar-refractivity contribution is 7.17. The van der Waals surface area contributed by atoms with Gasteiger partial charge in [-0.1, -0.05) is 11.6 Å². The molecule has 0 aliphatic carbocycles. The summed E-state index contributed by atoms with van der Waals surface area (Å²) in [6.07, 6.45) is 0.767. The van der Waals surface area contributed by atoms with Crippen molar-refractivity contribution in [3.63, 3.8) is 0 Å². The summed E-state index contributed by atoms with van der Waals surface area (Å²) in [7, 11) is 0. The average molecular weight is 255 g/mol. The van der Waals surface area contributed by atoms with E-state index in [-0.39, 0.29) is 0 Å². The molecule has 5 heteroatoms. The summed E-state index contributed by atoms with van der Waals surface area (Å²) >= 11 is 7.63. The first-order chi connectivity index (χ1) is 7.66. The maximum absolute atomic E-state index is 10.5. The maximum Gasteiger partial charge on any atom is 0.312 e. The van der Waals surface area contributed by atoms with E-state index in [1.165, 1.54) is 10.3 Å². The van der Waals surface area contributed by atoms with Crippen molar-refractivity contribution in [3.8, 4) is 0 Å². The van der Waals surface area contributed by atoms with Crippen molar-refractivity contribution in [1.82, 2.24) is 5.32 Å². The highest BCUT2D eigenvalue weighted by Gasteiger charge is 2.04. The van der Waals surface area contributed by atoms with Crippen molar-refractivity contribution in [2.24, 2.45) is 5.73 Å². The van der Waals surface area contributed by atoms with Gasteiger partial charge < -0.3 is 11.1 Å². The van der Waals surface area contributed by atoms with Crippen LogP contribution in [-0.4, -0.2) is 12.6 Å². The van der Waals surface area contributed by atoms with Gasteiger partial charge in [-0.3, -0.25) is 0 Å². The molecule has 2 aromatic rings. The molecule has 16 heavy (non-hydrogen) atoms. The van der Waals surface area contributed by atoms with E-state index >= 15 is 0 Å². The number of rotatable bonds is 3. The predicted molar refractivity (Wildman–Crippen MR) is 68.1 cm³/mol. The Balaban J connectivity index is 2.17. The first-order valence-electron chi connectivity index (χ1n) is 4.86. The van der Waals surface area contributed by atoms with Gasteiger partial charge in [0, 0.05) is 16.3 Å². The zero-order chi connectivity index (χ0) is 11.5. The molecule has 0 radical (unpaired) electrons. The highest BCUT2D eigenvalue weighted by atomic mass is 35.5. The van der Waals surface area contributed by atoms with Gasteiger partial charge in [-0.05, 0) is 40.9 Å². The molecule has 0 aliphatic rings. The van der Waals surface area contributed by atoms with E-state index in [2.05, 4.69) is 10.7 Å². The molecule has 0 saturated carbocycles. The van der Waals surface area contributed by atoms with Crippen LogP contribution in [0, 0.1) is 0 Å². The minimum Gasteiger partial charge on any atom is -0.352 e. The van der Waals surface area contributed by atoms with E-state index in [1.807, 2.05) is 18.2 Å². The maximum atomic E-state index is 10.5. The molecule has 1 heterocycles. The first-order valence-corrected chi connectivity index (χ1v) is 6.11. The number of carbonyl (C=O) groups excluding carboxylic acids is 1. The number of amides is 2. The molecule has 0 atom stereocenters. The number of nitrogens with one attached hydrogen (secondary N) is 1. The molecule has 0 spiro atoms. The number of hydrogen-bond acceptors (Lipinski definition) is 2.